The zero-order chi connectivity index (χ0) is 9.03. The fourth-order valence-electron chi connectivity index (χ4n) is 1.61. The van der Waals surface area contributed by atoms with Crippen LogP contribution in [0.2, 0.25) is 0 Å². The van der Waals surface area contributed by atoms with E-state index in [1.165, 1.54) is 0 Å². The second-order valence-electron chi connectivity index (χ2n) is 3.29. The van der Waals surface area contributed by atoms with E-state index in [0.29, 0.717) is 19.6 Å². The zero-order valence-corrected chi connectivity index (χ0v) is 7.43. The van der Waals surface area contributed by atoms with Gasteiger partial charge in [0.2, 0.25) is 5.91 Å². The van der Waals surface area contributed by atoms with E-state index in [0.717, 1.165) is 12.8 Å². The van der Waals surface area contributed by atoms with Crippen LogP contribution in [0.1, 0.15) is 19.3 Å². The van der Waals surface area contributed by atoms with Crippen molar-refractivity contribution < 1.29 is 9.53 Å². The molecule has 1 rings (SSSR count). The summed E-state index contributed by atoms with van der Waals surface area (Å²) in [7, 11) is 1.87. The summed E-state index contributed by atoms with van der Waals surface area (Å²) in [5.41, 5.74) is 5.06. The van der Waals surface area contributed by atoms with Gasteiger partial charge in [0.25, 0.3) is 0 Å². The summed E-state index contributed by atoms with van der Waals surface area (Å²) in [5.74, 6) is -0.244. The average Bonchev–Trinajstić information content (AvgIpc) is 2.05. The van der Waals surface area contributed by atoms with Crippen molar-refractivity contribution in [2.45, 2.75) is 24.8 Å². The number of carbonyl (C=O) groups is 1. The predicted octanol–water partition coefficient (Wildman–Crippen LogP) is -0.370. The predicted molar refractivity (Wildman–Crippen MR) is 45.7 cm³/mol. The Balaban J connectivity index is 2.53. The number of hydrogen-bond acceptors (Lipinski definition) is 3. The number of ether oxygens (including phenoxy) is 1. The monoisotopic (exact) mass is 172 g/mol. The highest BCUT2D eigenvalue weighted by molar-refractivity contribution is 5.75. The number of carbonyl (C=O) groups excluding carboxylic acids is 1. The van der Waals surface area contributed by atoms with Crippen molar-refractivity contribution in [1.29, 1.82) is 0 Å². The molecule has 1 aliphatic rings. The Hall–Kier alpha value is -0.610. The van der Waals surface area contributed by atoms with Crippen molar-refractivity contribution in [3.63, 3.8) is 0 Å². The van der Waals surface area contributed by atoms with Gasteiger partial charge in [-0.3, -0.25) is 4.79 Å². The number of hydrogen-bond donors (Lipinski definition) is 2. The Labute approximate surface area is 72.5 Å². The highest BCUT2D eigenvalue weighted by Gasteiger charge is 2.32. The second kappa shape index (κ2) is 3.87. The minimum Gasteiger partial charge on any atom is -0.381 e. The SMILES string of the molecule is CNC1(CC(N)=O)CCOCC1. The first-order valence-electron chi connectivity index (χ1n) is 4.23. The summed E-state index contributed by atoms with van der Waals surface area (Å²) in [6.07, 6.45) is 2.14. The maximum Gasteiger partial charge on any atom is 0.219 e. The van der Waals surface area contributed by atoms with Crippen molar-refractivity contribution in [2.24, 2.45) is 5.73 Å². The molecular formula is C8H16N2O2. The van der Waals surface area contributed by atoms with E-state index in [1.54, 1.807) is 0 Å². The van der Waals surface area contributed by atoms with Gasteiger partial charge in [-0.15, -0.1) is 0 Å². The average molecular weight is 172 g/mol. The highest BCUT2D eigenvalue weighted by atomic mass is 16.5. The van der Waals surface area contributed by atoms with Crippen LogP contribution in [0.3, 0.4) is 0 Å². The van der Waals surface area contributed by atoms with Crippen LogP contribution >= 0.6 is 0 Å². The third kappa shape index (κ3) is 2.19. The van der Waals surface area contributed by atoms with Crippen LogP contribution in [0, 0.1) is 0 Å². The molecule has 0 aromatic heterocycles. The molecule has 0 saturated carbocycles. The fraction of sp³-hybridized carbons (Fsp3) is 0.875. The van der Waals surface area contributed by atoms with Gasteiger partial charge in [0.05, 0.1) is 0 Å². The molecule has 0 aliphatic carbocycles. The molecule has 0 atom stereocenters. The van der Waals surface area contributed by atoms with Crippen molar-refractivity contribution in [1.82, 2.24) is 5.32 Å². The van der Waals surface area contributed by atoms with E-state index in [-0.39, 0.29) is 11.4 Å². The molecule has 4 nitrogen and oxygen atoms in total. The molecule has 70 valence electrons. The smallest absolute Gasteiger partial charge is 0.219 e. The Kier molecular flexibility index (Phi) is 3.05. The summed E-state index contributed by atoms with van der Waals surface area (Å²) in [6.45, 7) is 1.43. The summed E-state index contributed by atoms with van der Waals surface area (Å²) in [6, 6.07) is 0. The van der Waals surface area contributed by atoms with E-state index in [9.17, 15) is 4.79 Å². The highest BCUT2D eigenvalue weighted by Crippen LogP contribution is 2.23. The van der Waals surface area contributed by atoms with Gasteiger partial charge in [-0.2, -0.15) is 0 Å². The molecule has 0 radical (unpaired) electrons. The van der Waals surface area contributed by atoms with Gasteiger partial charge < -0.3 is 15.8 Å². The molecule has 12 heavy (non-hydrogen) atoms. The lowest BCUT2D eigenvalue weighted by molar-refractivity contribution is -0.120. The number of nitrogens with one attached hydrogen (secondary N) is 1. The molecule has 0 aromatic rings. The molecule has 1 amide bonds. The van der Waals surface area contributed by atoms with Crippen LogP contribution in [0.5, 0.6) is 0 Å². The fourth-order valence-corrected chi connectivity index (χ4v) is 1.61. The Morgan fingerprint density at radius 3 is 2.58 bits per heavy atom. The van der Waals surface area contributed by atoms with Crippen molar-refractivity contribution >= 4 is 5.91 Å². The van der Waals surface area contributed by atoms with E-state index in [2.05, 4.69) is 5.32 Å². The molecule has 4 heteroatoms. The first-order valence-corrected chi connectivity index (χ1v) is 4.23. The lowest BCUT2D eigenvalue weighted by Gasteiger charge is -2.35. The van der Waals surface area contributed by atoms with Crippen LogP contribution in [0.4, 0.5) is 0 Å². The number of primary amides is 1. The third-order valence-electron chi connectivity index (χ3n) is 2.49. The Morgan fingerprint density at radius 1 is 1.58 bits per heavy atom. The zero-order valence-electron chi connectivity index (χ0n) is 7.43. The van der Waals surface area contributed by atoms with Crippen LogP contribution in [-0.2, 0) is 9.53 Å². The van der Waals surface area contributed by atoms with Crippen molar-refractivity contribution in [3.05, 3.63) is 0 Å². The number of nitrogens with two attached hydrogens (primary N) is 1. The number of amides is 1. The molecular weight excluding hydrogens is 156 g/mol. The molecule has 0 aromatic carbocycles. The first-order chi connectivity index (χ1) is 5.68. The second-order valence-corrected chi connectivity index (χ2v) is 3.29. The van der Waals surface area contributed by atoms with Crippen LogP contribution < -0.4 is 11.1 Å². The summed E-state index contributed by atoms with van der Waals surface area (Å²) in [5, 5.41) is 3.17. The number of rotatable bonds is 3. The maximum absolute atomic E-state index is 10.8. The lowest BCUT2D eigenvalue weighted by Crippen LogP contribution is -2.49. The van der Waals surface area contributed by atoms with Crippen molar-refractivity contribution in [3.8, 4) is 0 Å². The van der Waals surface area contributed by atoms with Crippen molar-refractivity contribution in [2.75, 3.05) is 20.3 Å². The molecule has 1 aliphatic heterocycles. The molecule has 0 spiro atoms. The lowest BCUT2D eigenvalue weighted by atomic mass is 9.86. The van der Waals surface area contributed by atoms with Crippen LogP contribution in [-0.4, -0.2) is 31.7 Å². The standard InChI is InChI=1S/C8H16N2O2/c1-10-8(6-7(9)11)2-4-12-5-3-8/h10H,2-6H2,1H3,(H2,9,11). The van der Waals surface area contributed by atoms with Gasteiger partial charge in [-0.1, -0.05) is 0 Å². The van der Waals surface area contributed by atoms with Gasteiger partial charge in [0.15, 0.2) is 0 Å². The topological polar surface area (TPSA) is 64.3 Å². The van der Waals surface area contributed by atoms with Crippen LogP contribution in [0.15, 0.2) is 0 Å². The van der Waals surface area contributed by atoms with Crippen LogP contribution in [0.25, 0.3) is 0 Å². The van der Waals surface area contributed by atoms with E-state index in [1.807, 2.05) is 7.05 Å². The normalized spacial score (nSPS) is 22.1. The minimum absolute atomic E-state index is 0.107. The summed E-state index contributed by atoms with van der Waals surface area (Å²) >= 11 is 0. The quantitative estimate of drug-likeness (QED) is 0.610. The third-order valence-corrected chi connectivity index (χ3v) is 2.49. The summed E-state index contributed by atoms with van der Waals surface area (Å²) in [4.78, 5) is 10.8. The van der Waals surface area contributed by atoms with E-state index < -0.39 is 0 Å². The van der Waals surface area contributed by atoms with Gasteiger partial charge in [-0.05, 0) is 19.9 Å². The molecule has 1 heterocycles. The molecule has 0 unspecified atom stereocenters. The molecule has 3 N–H and O–H groups in total. The molecule has 1 saturated heterocycles. The minimum atomic E-state index is -0.244. The van der Waals surface area contributed by atoms with Gasteiger partial charge in [0, 0.05) is 25.2 Å². The van der Waals surface area contributed by atoms with Gasteiger partial charge >= 0.3 is 0 Å². The largest absolute Gasteiger partial charge is 0.381 e. The Bertz CT molecular complexity index is 164. The first kappa shape index (κ1) is 9.48. The summed E-state index contributed by atoms with van der Waals surface area (Å²) < 4.78 is 5.22. The van der Waals surface area contributed by atoms with E-state index in [4.69, 9.17) is 10.5 Å². The molecule has 0 bridgehead atoms. The van der Waals surface area contributed by atoms with Gasteiger partial charge in [-0.25, -0.2) is 0 Å². The van der Waals surface area contributed by atoms with Gasteiger partial charge in [0.1, 0.15) is 0 Å². The maximum atomic E-state index is 10.8. The Morgan fingerprint density at radius 2 is 2.17 bits per heavy atom. The molecule has 1 fully saturated rings. The van der Waals surface area contributed by atoms with E-state index >= 15 is 0 Å².